The first-order valence-electron chi connectivity index (χ1n) is 22.2. The molecule has 0 aromatic heterocycles. The number of hydrogen-bond donors (Lipinski definition) is 6. The van der Waals surface area contributed by atoms with Gasteiger partial charge < -0.3 is 46.1 Å². The molecule has 1 unspecified atom stereocenters. The summed E-state index contributed by atoms with van der Waals surface area (Å²) < 4.78 is 112. The van der Waals surface area contributed by atoms with Crippen molar-refractivity contribution in [1.82, 2.24) is 16.0 Å². The summed E-state index contributed by atoms with van der Waals surface area (Å²) >= 11 is 0. The van der Waals surface area contributed by atoms with Crippen molar-refractivity contribution in [3.05, 3.63) is 83.9 Å². The van der Waals surface area contributed by atoms with Gasteiger partial charge in [0.2, 0.25) is 0 Å². The van der Waals surface area contributed by atoms with Gasteiger partial charge in [0.1, 0.15) is 19.8 Å². The molecule has 3 aromatic rings. The maximum absolute atomic E-state index is 12.4. The number of carbonyl (C=O) groups is 6. The first kappa shape index (κ1) is 62.4. The number of sulfone groups is 1. The third kappa shape index (κ3) is 24.7. The van der Waals surface area contributed by atoms with Crippen LogP contribution in [0.3, 0.4) is 0 Å². The zero-order valence-electron chi connectivity index (χ0n) is 41.0. The zero-order valence-corrected chi connectivity index (χ0v) is 41.9. The van der Waals surface area contributed by atoms with Crippen LogP contribution in [0.4, 0.5) is 57.8 Å². The van der Waals surface area contributed by atoms with E-state index in [1.54, 1.807) is 34.6 Å². The van der Waals surface area contributed by atoms with E-state index in [1.807, 2.05) is 20.8 Å². The van der Waals surface area contributed by atoms with Gasteiger partial charge in [-0.25, -0.2) is 22.8 Å². The first-order valence-corrected chi connectivity index (χ1v) is 24.1. The van der Waals surface area contributed by atoms with Gasteiger partial charge >= 0.3 is 48.4 Å². The van der Waals surface area contributed by atoms with Crippen LogP contribution in [0.15, 0.2) is 77.7 Å². The number of alkyl halides is 6. The fourth-order valence-electron chi connectivity index (χ4n) is 4.72. The SMILES string of the molecule is CCC(C)(C)C(=O)OCCNC(=O)Nc1ccc(C(F)(F)F)cc1.CCC(C)(C)C(=O)OCCNC(=O)Nc1ccc(S(C)(=O)=O)cc1.CCC(C)C(=O)OCCNC(=O)Nc1ccc(C(F)(F)F)cc1. The second kappa shape index (κ2) is 28.9. The van der Waals surface area contributed by atoms with E-state index in [0.717, 1.165) is 54.8 Å². The van der Waals surface area contributed by atoms with E-state index in [-0.39, 0.29) is 79.6 Å². The molecule has 0 fully saturated rings. The van der Waals surface area contributed by atoms with Gasteiger partial charge in [-0.05, 0) is 120 Å². The number of nitrogens with one attached hydrogen (secondary N) is 6. The lowest BCUT2D eigenvalue weighted by Gasteiger charge is -2.20. The Kier molecular flexibility index (Phi) is 25.4. The molecule has 0 aliphatic carbocycles. The summed E-state index contributed by atoms with van der Waals surface area (Å²) in [7, 11) is -3.26. The molecule has 17 nitrogen and oxygen atoms in total. The summed E-state index contributed by atoms with van der Waals surface area (Å²) in [6.45, 7) is 15.0. The maximum atomic E-state index is 12.4. The van der Waals surface area contributed by atoms with Crippen LogP contribution in [0.1, 0.15) is 85.8 Å². The van der Waals surface area contributed by atoms with Crippen molar-refractivity contribution in [3.63, 3.8) is 0 Å². The minimum atomic E-state index is -4.42. The number of ether oxygens (including phenoxy) is 3. The molecule has 3 rings (SSSR count). The molecule has 71 heavy (non-hydrogen) atoms. The van der Waals surface area contributed by atoms with Gasteiger partial charge in [0.15, 0.2) is 9.84 Å². The van der Waals surface area contributed by atoms with E-state index in [1.165, 1.54) is 24.3 Å². The van der Waals surface area contributed by atoms with Crippen molar-refractivity contribution in [2.45, 2.75) is 91.9 Å². The number of anilines is 3. The number of hydrogen-bond acceptors (Lipinski definition) is 11. The quantitative estimate of drug-likeness (QED) is 0.0286. The fourth-order valence-corrected chi connectivity index (χ4v) is 5.35. The molecule has 0 radical (unpaired) electrons. The Morgan fingerprint density at radius 2 is 0.817 bits per heavy atom. The highest BCUT2D eigenvalue weighted by molar-refractivity contribution is 7.90. The van der Waals surface area contributed by atoms with Crippen molar-refractivity contribution in [2.75, 3.05) is 61.7 Å². The van der Waals surface area contributed by atoms with Gasteiger partial charge in [-0.15, -0.1) is 0 Å². The van der Waals surface area contributed by atoms with Gasteiger partial charge in [0.25, 0.3) is 0 Å². The smallest absolute Gasteiger partial charge is 0.416 e. The van der Waals surface area contributed by atoms with Gasteiger partial charge in [-0.2, -0.15) is 26.3 Å². The number of halogens is 6. The van der Waals surface area contributed by atoms with Crippen LogP contribution >= 0.6 is 0 Å². The van der Waals surface area contributed by atoms with Gasteiger partial charge in [0.05, 0.1) is 52.4 Å². The lowest BCUT2D eigenvalue weighted by molar-refractivity contribution is -0.154. The van der Waals surface area contributed by atoms with Crippen LogP contribution in [0.2, 0.25) is 0 Å². The average molecular weight is 1040 g/mol. The van der Waals surface area contributed by atoms with Crippen molar-refractivity contribution in [3.8, 4) is 0 Å². The van der Waals surface area contributed by atoms with E-state index in [0.29, 0.717) is 24.9 Å². The number of carbonyl (C=O) groups excluding carboxylic acids is 6. The molecule has 0 aliphatic rings. The number of urea groups is 3. The summed E-state index contributed by atoms with van der Waals surface area (Å²) in [5.74, 6) is -1.19. The maximum Gasteiger partial charge on any atom is 0.416 e. The molecule has 0 heterocycles. The van der Waals surface area contributed by atoms with Crippen molar-refractivity contribution >= 4 is 62.9 Å². The van der Waals surface area contributed by atoms with Crippen LogP contribution in [-0.4, -0.2) is 90.1 Å². The zero-order chi connectivity index (χ0) is 54.2. The van der Waals surface area contributed by atoms with Gasteiger partial charge in [-0.1, -0.05) is 27.7 Å². The second-order valence-electron chi connectivity index (χ2n) is 16.8. The molecule has 24 heteroatoms. The number of benzene rings is 3. The molecule has 396 valence electrons. The summed E-state index contributed by atoms with van der Waals surface area (Å²) in [6.07, 6.45) is -5.75. The number of amides is 6. The highest BCUT2D eigenvalue weighted by Crippen LogP contribution is 2.31. The average Bonchev–Trinajstić information content (AvgIpc) is 3.30. The topological polar surface area (TPSA) is 236 Å². The molecule has 0 bridgehead atoms. The standard InChI is InChI=1S/C16H21F3N2O3.C16H24N2O5S.C15H19F3N2O3/c1-4-15(2,3)13(22)24-10-9-20-14(23)21-12-7-5-11(6-8-12)16(17,18)19;1-5-16(2,3)14(19)23-11-10-17-15(20)18-12-6-8-13(9-7-12)24(4,21)22;1-3-10(2)13(21)23-9-8-19-14(22)20-12-6-4-11(5-7-12)15(16,17)18/h5-8H,4,9-10H2,1-3H3,(H2,20,21,23);6-9H,5,10-11H2,1-4H3,(H2,17,18,20);4-7,10H,3,8-9H2,1-2H3,(H2,19,20,22). The van der Waals surface area contributed by atoms with E-state index >= 15 is 0 Å². The van der Waals surface area contributed by atoms with Crippen LogP contribution < -0.4 is 31.9 Å². The normalized spacial score (nSPS) is 11.9. The summed E-state index contributed by atoms with van der Waals surface area (Å²) in [5, 5.41) is 14.8. The molecular weight excluding hydrogens is 971 g/mol. The summed E-state index contributed by atoms with van der Waals surface area (Å²) in [6, 6.07) is 12.3. The Bertz CT molecular complexity index is 2290. The highest BCUT2D eigenvalue weighted by Gasteiger charge is 2.31. The van der Waals surface area contributed by atoms with Crippen LogP contribution in [0.5, 0.6) is 0 Å². The van der Waals surface area contributed by atoms with E-state index in [2.05, 4.69) is 31.9 Å². The van der Waals surface area contributed by atoms with Crippen LogP contribution in [-0.2, 0) is 50.8 Å². The number of rotatable bonds is 19. The van der Waals surface area contributed by atoms with Crippen LogP contribution in [0.25, 0.3) is 0 Å². The Balaban J connectivity index is 0.000000533. The van der Waals surface area contributed by atoms with Crippen molar-refractivity contribution in [2.24, 2.45) is 16.7 Å². The molecule has 0 saturated heterocycles. The lowest BCUT2D eigenvalue weighted by Crippen LogP contribution is -2.34. The highest BCUT2D eigenvalue weighted by atomic mass is 32.2. The van der Waals surface area contributed by atoms with Gasteiger partial charge in [-0.3, -0.25) is 14.4 Å². The predicted octanol–water partition coefficient (Wildman–Crippen LogP) is 9.41. The van der Waals surface area contributed by atoms with E-state index < -0.39 is 62.2 Å². The Morgan fingerprint density at radius 3 is 1.08 bits per heavy atom. The molecule has 6 amide bonds. The molecule has 0 saturated carbocycles. The third-order valence-corrected chi connectivity index (χ3v) is 11.4. The van der Waals surface area contributed by atoms with E-state index in [9.17, 15) is 63.5 Å². The Hall–Kier alpha value is -6.59. The number of esters is 3. The van der Waals surface area contributed by atoms with Crippen molar-refractivity contribution in [1.29, 1.82) is 0 Å². The Morgan fingerprint density at radius 1 is 0.521 bits per heavy atom. The molecule has 3 aromatic carbocycles. The first-order chi connectivity index (χ1) is 32.9. The van der Waals surface area contributed by atoms with Gasteiger partial charge in [0, 0.05) is 23.3 Å². The minimum absolute atomic E-state index is 0.0166. The van der Waals surface area contributed by atoms with Crippen LogP contribution in [0, 0.1) is 16.7 Å². The predicted molar refractivity (Wildman–Crippen MR) is 254 cm³/mol. The summed E-state index contributed by atoms with van der Waals surface area (Å²) in [5.41, 5.74) is -1.79. The third-order valence-electron chi connectivity index (χ3n) is 10.2. The summed E-state index contributed by atoms with van der Waals surface area (Å²) in [4.78, 5) is 69.9. The Labute approximate surface area is 409 Å². The monoisotopic (exact) mass is 1030 g/mol. The van der Waals surface area contributed by atoms with E-state index in [4.69, 9.17) is 14.2 Å². The largest absolute Gasteiger partial charge is 0.464 e. The molecule has 0 spiro atoms. The second-order valence-corrected chi connectivity index (χ2v) is 18.8. The van der Waals surface area contributed by atoms with Crippen molar-refractivity contribution < 1.29 is 77.7 Å². The molecule has 0 aliphatic heterocycles. The minimum Gasteiger partial charge on any atom is -0.464 e. The fraction of sp³-hybridized carbons (Fsp3) is 0.489. The molecule has 6 N–H and O–H groups in total. The lowest BCUT2D eigenvalue weighted by atomic mass is 9.91. The molecular formula is C47H64F6N6O11S. The molecule has 1 atom stereocenters.